The molecule has 3 heteroatoms. The first kappa shape index (κ1) is 14.1. The molecule has 0 fully saturated rings. The van der Waals surface area contributed by atoms with Crippen molar-refractivity contribution in [3.8, 4) is 0 Å². The molecule has 0 saturated heterocycles. The van der Waals surface area contributed by atoms with Crippen molar-refractivity contribution >= 4 is 0 Å². The molecule has 0 atom stereocenters. The van der Waals surface area contributed by atoms with Crippen LogP contribution >= 0.6 is 0 Å². The van der Waals surface area contributed by atoms with Crippen molar-refractivity contribution in [1.82, 2.24) is 5.32 Å². The van der Waals surface area contributed by atoms with Crippen molar-refractivity contribution < 1.29 is 8.78 Å². The number of aryl methyl sites for hydroxylation is 1. The predicted molar refractivity (Wildman–Crippen MR) is 67.1 cm³/mol. The summed E-state index contributed by atoms with van der Waals surface area (Å²) >= 11 is 0. The van der Waals surface area contributed by atoms with Crippen molar-refractivity contribution in [2.45, 2.75) is 39.0 Å². The maximum absolute atomic E-state index is 13.3. The van der Waals surface area contributed by atoms with E-state index in [9.17, 15) is 8.78 Å². The summed E-state index contributed by atoms with van der Waals surface area (Å²) in [6.07, 6.45) is 4.82. The summed E-state index contributed by atoms with van der Waals surface area (Å²) < 4.78 is 26.2. The van der Waals surface area contributed by atoms with E-state index >= 15 is 0 Å². The summed E-state index contributed by atoms with van der Waals surface area (Å²) in [6, 6.07) is 3.66. The Hall–Kier alpha value is -0.960. The average Bonchev–Trinajstić information content (AvgIpc) is 2.32. The van der Waals surface area contributed by atoms with Crippen molar-refractivity contribution in [2.75, 3.05) is 13.1 Å². The lowest BCUT2D eigenvalue weighted by molar-refractivity contribution is 0.566. The van der Waals surface area contributed by atoms with Crippen LogP contribution in [0.25, 0.3) is 0 Å². The summed E-state index contributed by atoms with van der Waals surface area (Å²) in [5, 5.41) is 3.32. The quantitative estimate of drug-likeness (QED) is 0.685. The van der Waals surface area contributed by atoms with E-state index in [2.05, 4.69) is 12.2 Å². The number of benzene rings is 1. The van der Waals surface area contributed by atoms with Gasteiger partial charge in [0.15, 0.2) is 0 Å². The minimum absolute atomic E-state index is 0.296. The Balaban J connectivity index is 2.15. The topological polar surface area (TPSA) is 12.0 Å². The molecule has 0 aliphatic rings. The third kappa shape index (κ3) is 5.78. The Morgan fingerprint density at radius 3 is 2.65 bits per heavy atom. The maximum Gasteiger partial charge on any atom is 0.126 e. The van der Waals surface area contributed by atoms with Gasteiger partial charge in [-0.1, -0.05) is 13.3 Å². The predicted octanol–water partition coefficient (Wildman–Crippen LogP) is 3.68. The van der Waals surface area contributed by atoms with Crippen LogP contribution in [-0.4, -0.2) is 13.1 Å². The molecule has 1 N–H and O–H groups in total. The van der Waals surface area contributed by atoms with Crippen LogP contribution in [0, 0.1) is 11.6 Å². The Bertz CT molecular complexity index is 326. The van der Waals surface area contributed by atoms with Crippen LogP contribution < -0.4 is 5.32 Å². The summed E-state index contributed by atoms with van der Waals surface area (Å²) in [6.45, 7) is 4.21. The molecule has 1 rings (SSSR count). The monoisotopic (exact) mass is 241 g/mol. The van der Waals surface area contributed by atoms with Gasteiger partial charge in [-0.05, 0) is 62.5 Å². The van der Waals surface area contributed by atoms with Crippen molar-refractivity contribution in [1.29, 1.82) is 0 Å². The average molecular weight is 241 g/mol. The third-order valence-corrected chi connectivity index (χ3v) is 2.73. The molecule has 0 bridgehead atoms. The van der Waals surface area contributed by atoms with Gasteiger partial charge in [0.05, 0.1) is 0 Å². The molecule has 0 aliphatic carbocycles. The van der Waals surface area contributed by atoms with Crippen LogP contribution in [0.4, 0.5) is 8.78 Å². The number of halogens is 2. The van der Waals surface area contributed by atoms with E-state index in [0.29, 0.717) is 12.0 Å². The Morgan fingerprint density at radius 1 is 1.06 bits per heavy atom. The van der Waals surface area contributed by atoms with Crippen LogP contribution in [0.2, 0.25) is 0 Å². The highest BCUT2D eigenvalue weighted by Gasteiger charge is 2.03. The van der Waals surface area contributed by atoms with E-state index in [0.717, 1.165) is 44.8 Å². The first-order valence-electron chi connectivity index (χ1n) is 6.38. The third-order valence-electron chi connectivity index (χ3n) is 2.73. The highest BCUT2D eigenvalue weighted by Crippen LogP contribution is 2.13. The van der Waals surface area contributed by atoms with Gasteiger partial charge in [0, 0.05) is 0 Å². The molecule has 0 amide bonds. The second-order valence-electron chi connectivity index (χ2n) is 4.30. The summed E-state index contributed by atoms with van der Waals surface area (Å²) in [4.78, 5) is 0. The van der Waals surface area contributed by atoms with Crippen molar-refractivity contribution in [2.24, 2.45) is 0 Å². The molecule has 0 heterocycles. The van der Waals surface area contributed by atoms with Crippen molar-refractivity contribution in [3.05, 3.63) is 35.4 Å². The Labute approximate surface area is 102 Å². The fourth-order valence-electron chi connectivity index (χ4n) is 1.78. The zero-order valence-corrected chi connectivity index (χ0v) is 10.4. The summed E-state index contributed by atoms with van der Waals surface area (Å²) in [7, 11) is 0. The SMILES string of the molecule is CCCNCCCCCc1cc(F)ccc1F. The minimum Gasteiger partial charge on any atom is -0.317 e. The van der Waals surface area contributed by atoms with Crippen molar-refractivity contribution in [3.63, 3.8) is 0 Å². The summed E-state index contributed by atoms with van der Waals surface area (Å²) in [5.74, 6) is -0.651. The smallest absolute Gasteiger partial charge is 0.126 e. The lowest BCUT2D eigenvalue weighted by atomic mass is 10.1. The fourth-order valence-corrected chi connectivity index (χ4v) is 1.78. The van der Waals surface area contributed by atoms with E-state index in [1.807, 2.05) is 0 Å². The zero-order valence-electron chi connectivity index (χ0n) is 10.4. The number of unbranched alkanes of at least 4 members (excludes halogenated alkanes) is 2. The van der Waals surface area contributed by atoms with Gasteiger partial charge >= 0.3 is 0 Å². The minimum atomic E-state index is -0.356. The molecule has 0 saturated carbocycles. The maximum atomic E-state index is 13.3. The second-order valence-corrected chi connectivity index (χ2v) is 4.30. The van der Waals surface area contributed by atoms with Gasteiger partial charge < -0.3 is 5.32 Å². The van der Waals surface area contributed by atoms with Gasteiger partial charge in [0.1, 0.15) is 11.6 Å². The Morgan fingerprint density at radius 2 is 1.88 bits per heavy atom. The number of rotatable bonds is 8. The molecule has 17 heavy (non-hydrogen) atoms. The first-order chi connectivity index (χ1) is 8.24. The van der Waals surface area contributed by atoms with Gasteiger partial charge in [-0.3, -0.25) is 0 Å². The fraction of sp³-hybridized carbons (Fsp3) is 0.571. The highest BCUT2D eigenvalue weighted by atomic mass is 19.1. The van der Waals surface area contributed by atoms with E-state index in [1.165, 1.54) is 12.1 Å². The van der Waals surface area contributed by atoms with Crippen LogP contribution in [0.3, 0.4) is 0 Å². The van der Waals surface area contributed by atoms with Gasteiger partial charge in [0.25, 0.3) is 0 Å². The molecule has 1 aromatic rings. The van der Waals surface area contributed by atoms with E-state index in [4.69, 9.17) is 0 Å². The lowest BCUT2D eigenvalue weighted by Gasteiger charge is -2.04. The molecule has 0 aliphatic heterocycles. The molecule has 1 nitrogen and oxygen atoms in total. The molecule has 1 aromatic carbocycles. The number of hydrogen-bond acceptors (Lipinski definition) is 1. The molecule has 96 valence electrons. The highest BCUT2D eigenvalue weighted by molar-refractivity contribution is 5.18. The molecule has 0 unspecified atom stereocenters. The molecule has 0 aromatic heterocycles. The van der Waals surface area contributed by atoms with Gasteiger partial charge in [-0.2, -0.15) is 0 Å². The molecular formula is C14H21F2N. The number of nitrogens with one attached hydrogen (secondary N) is 1. The molecular weight excluding hydrogens is 220 g/mol. The van der Waals surface area contributed by atoms with E-state index < -0.39 is 0 Å². The zero-order chi connectivity index (χ0) is 12.5. The lowest BCUT2D eigenvalue weighted by Crippen LogP contribution is -2.15. The van der Waals surface area contributed by atoms with Gasteiger partial charge in [0.2, 0.25) is 0 Å². The molecule has 0 spiro atoms. The van der Waals surface area contributed by atoms with Gasteiger partial charge in [-0.15, -0.1) is 0 Å². The van der Waals surface area contributed by atoms with E-state index in [-0.39, 0.29) is 11.6 Å². The molecule has 0 radical (unpaired) electrons. The normalized spacial score (nSPS) is 10.8. The van der Waals surface area contributed by atoms with Crippen LogP contribution in [0.1, 0.15) is 38.2 Å². The largest absolute Gasteiger partial charge is 0.317 e. The van der Waals surface area contributed by atoms with Crippen LogP contribution in [0.15, 0.2) is 18.2 Å². The Kier molecular flexibility index (Phi) is 6.78. The second kappa shape index (κ2) is 8.18. The first-order valence-corrected chi connectivity index (χ1v) is 6.38. The standard InChI is InChI=1S/C14H21F2N/c1-2-9-17-10-5-3-4-6-12-11-13(15)7-8-14(12)16/h7-8,11,17H,2-6,9-10H2,1H3. The summed E-state index contributed by atoms with van der Waals surface area (Å²) in [5.41, 5.74) is 0.492. The van der Waals surface area contributed by atoms with Crippen LogP contribution in [0.5, 0.6) is 0 Å². The van der Waals surface area contributed by atoms with Crippen LogP contribution in [-0.2, 0) is 6.42 Å². The van der Waals surface area contributed by atoms with Gasteiger partial charge in [-0.25, -0.2) is 8.78 Å². The number of hydrogen-bond donors (Lipinski definition) is 1. The van der Waals surface area contributed by atoms with E-state index in [1.54, 1.807) is 0 Å².